The van der Waals surface area contributed by atoms with Gasteiger partial charge in [0.15, 0.2) is 0 Å². The Balaban J connectivity index is 1.56. The average Bonchev–Trinajstić information content (AvgIpc) is 2.76. The van der Waals surface area contributed by atoms with Crippen LogP contribution in [-0.2, 0) is 14.3 Å². The lowest BCUT2D eigenvalue weighted by atomic mass is 9.87. The first kappa shape index (κ1) is 20.6. The van der Waals surface area contributed by atoms with Gasteiger partial charge in [-0.25, -0.2) is 0 Å². The molecule has 1 aliphatic rings. The molecular formula is C24H31NO3. The van der Waals surface area contributed by atoms with Gasteiger partial charge < -0.3 is 14.4 Å². The van der Waals surface area contributed by atoms with Crippen molar-refractivity contribution in [1.82, 2.24) is 4.90 Å². The number of piperidine rings is 1. The third-order valence-corrected chi connectivity index (χ3v) is 5.54. The second-order valence-electron chi connectivity index (χ2n) is 7.47. The number of ether oxygens (including phenoxy) is 2. The van der Waals surface area contributed by atoms with Crippen molar-refractivity contribution < 1.29 is 14.3 Å². The van der Waals surface area contributed by atoms with Gasteiger partial charge in [-0.1, -0.05) is 60.7 Å². The van der Waals surface area contributed by atoms with Crippen LogP contribution in [0.2, 0.25) is 0 Å². The number of amides is 1. The fourth-order valence-corrected chi connectivity index (χ4v) is 3.84. The van der Waals surface area contributed by atoms with Crippen molar-refractivity contribution in [2.75, 3.05) is 40.0 Å². The Hall–Kier alpha value is -2.17. The minimum atomic E-state index is 0.102. The Bertz CT molecular complexity index is 657. The molecule has 3 rings (SSSR count). The normalized spacial score (nSPS) is 15.1. The van der Waals surface area contributed by atoms with Gasteiger partial charge in [-0.05, 0) is 29.9 Å². The molecule has 0 aliphatic carbocycles. The summed E-state index contributed by atoms with van der Waals surface area (Å²) in [5.41, 5.74) is 2.40. The zero-order valence-corrected chi connectivity index (χ0v) is 16.8. The SMILES string of the molecule is COCCOCC1CCN(C(=O)CC(c2ccccc2)c2ccccc2)CC1. The molecule has 0 aromatic heterocycles. The first-order chi connectivity index (χ1) is 13.8. The number of benzene rings is 2. The minimum absolute atomic E-state index is 0.102. The van der Waals surface area contributed by atoms with Crippen LogP contribution in [0.15, 0.2) is 60.7 Å². The number of hydrogen-bond acceptors (Lipinski definition) is 3. The number of rotatable bonds is 9. The van der Waals surface area contributed by atoms with Crippen LogP contribution in [0, 0.1) is 5.92 Å². The topological polar surface area (TPSA) is 38.8 Å². The van der Waals surface area contributed by atoms with Gasteiger partial charge in [0.05, 0.1) is 13.2 Å². The zero-order valence-electron chi connectivity index (χ0n) is 16.8. The standard InChI is InChI=1S/C24H31NO3/c1-27-16-17-28-19-20-12-14-25(15-13-20)24(26)18-23(21-8-4-2-5-9-21)22-10-6-3-7-11-22/h2-11,20,23H,12-19H2,1H3. The summed E-state index contributed by atoms with van der Waals surface area (Å²) < 4.78 is 10.7. The second kappa shape index (κ2) is 11.0. The van der Waals surface area contributed by atoms with Crippen molar-refractivity contribution in [2.24, 2.45) is 5.92 Å². The van der Waals surface area contributed by atoms with E-state index in [2.05, 4.69) is 24.3 Å². The van der Waals surface area contributed by atoms with Crippen molar-refractivity contribution >= 4 is 5.91 Å². The van der Waals surface area contributed by atoms with Gasteiger partial charge in [-0.3, -0.25) is 4.79 Å². The third kappa shape index (κ3) is 5.91. The monoisotopic (exact) mass is 381 g/mol. The number of hydrogen-bond donors (Lipinski definition) is 0. The first-order valence-corrected chi connectivity index (χ1v) is 10.2. The van der Waals surface area contributed by atoms with E-state index in [-0.39, 0.29) is 11.8 Å². The number of methoxy groups -OCH3 is 1. The predicted molar refractivity (Wildman–Crippen MR) is 111 cm³/mol. The molecule has 4 heteroatoms. The predicted octanol–water partition coefficient (Wildman–Crippen LogP) is 4.11. The van der Waals surface area contributed by atoms with Gasteiger partial charge in [0.2, 0.25) is 5.91 Å². The molecule has 150 valence electrons. The highest BCUT2D eigenvalue weighted by atomic mass is 16.5. The Morgan fingerprint density at radius 2 is 1.54 bits per heavy atom. The molecule has 0 radical (unpaired) electrons. The van der Waals surface area contributed by atoms with E-state index in [9.17, 15) is 4.79 Å². The van der Waals surface area contributed by atoms with Crippen molar-refractivity contribution in [1.29, 1.82) is 0 Å². The molecule has 2 aromatic rings. The number of nitrogens with zero attached hydrogens (tertiary/aromatic N) is 1. The summed E-state index contributed by atoms with van der Waals surface area (Å²) >= 11 is 0. The summed E-state index contributed by atoms with van der Waals surface area (Å²) in [7, 11) is 1.69. The Labute approximate surface area is 168 Å². The lowest BCUT2D eigenvalue weighted by Gasteiger charge is -2.33. The Morgan fingerprint density at radius 3 is 2.07 bits per heavy atom. The molecule has 0 atom stereocenters. The largest absolute Gasteiger partial charge is 0.382 e. The fourth-order valence-electron chi connectivity index (χ4n) is 3.84. The molecule has 0 bridgehead atoms. The highest BCUT2D eigenvalue weighted by molar-refractivity contribution is 5.78. The highest BCUT2D eigenvalue weighted by Gasteiger charge is 2.26. The summed E-state index contributed by atoms with van der Waals surface area (Å²) in [6.07, 6.45) is 2.54. The van der Waals surface area contributed by atoms with Gasteiger partial charge in [0, 0.05) is 39.1 Å². The second-order valence-corrected chi connectivity index (χ2v) is 7.47. The van der Waals surface area contributed by atoms with E-state index < -0.39 is 0 Å². The molecule has 2 aromatic carbocycles. The van der Waals surface area contributed by atoms with Gasteiger partial charge in [0.1, 0.15) is 0 Å². The smallest absolute Gasteiger partial charge is 0.223 e. The molecule has 0 N–H and O–H groups in total. The van der Waals surface area contributed by atoms with Crippen LogP contribution in [0.25, 0.3) is 0 Å². The molecule has 0 spiro atoms. The summed E-state index contributed by atoms with van der Waals surface area (Å²) in [6.45, 7) is 3.70. The Kier molecular flexibility index (Phi) is 8.07. The number of likely N-dealkylation sites (tertiary alicyclic amines) is 1. The van der Waals surface area contributed by atoms with Crippen molar-refractivity contribution in [2.45, 2.75) is 25.2 Å². The fraction of sp³-hybridized carbons (Fsp3) is 0.458. The van der Waals surface area contributed by atoms with Gasteiger partial charge >= 0.3 is 0 Å². The molecule has 1 saturated heterocycles. The lowest BCUT2D eigenvalue weighted by molar-refractivity contribution is -0.133. The average molecular weight is 382 g/mol. The Morgan fingerprint density at radius 1 is 0.964 bits per heavy atom. The van der Waals surface area contributed by atoms with E-state index in [1.165, 1.54) is 11.1 Å². The molecule has 1 amide bonds. The number of carbonyl (C=O) groups excluding carboxylic acids is 1. The van der Waals surface area contributed by atoms with E-state index in [0.29, 0.717) is 25.6 Å². The summed E-state index contributed by atoms with van der Waals surface area (Å²) in [4.78, 5) is 15.1. The van der Waals surface area contributed by atoms with Crippen LogP contribution in [0.5, 0.6) is 0 Å². The van der Waals surface area contributed by atoms with Crippen LogP contribution in [0.4, 0.5) is 0 Å². The summed E-state index contributed by atoms with van der Waals surface area (Å²) in [5.74, 6) is 0.890. The molecule has 4 nitrogen and oxygen atoms in total. The first-order valence-electron chi connectivity index (χ1n) is 10.2. The number of carbonyl (C=O) groups is 1. The van der Waals surface area contributed by atoms with Crippen LogP contribution in [-0.4, -0.2) is 50.8 Å². The van der Waals surface area contributed by atoms with Crippen LogP contribution in [0.3, 0.4) is 0 Å². The maximum Gasteiger partial charge on any atom is 0.223 e. The van der Waals surface area contributed by atoms with E-state index in [0.717, 1.165) is 32.5 Å². The third-order valence-electron chi connectivity index (χ3n) is 5.54. The van der Waals surface area contributed by atoms with Crippen LogP contribution < -0.4 is 0 Å². The minimum Gasteiger partial charge on any atom is -0.382 e. The molecular weight excluding hydrogens is 350 g/mol. The highest BCUT2D eigenvalue weighted by Crippen LogP contribution is 2.29. The van der Waals surface area contributed by atoms with Crippen molar-refractivity contribution in [3.8, 4) is 0 Å². The quantitative estimate of drug-likeness (QED) is 0.614. The summed E-state index contributed by atoms with van der Waals surface area (Å²) in [5, 5.41) is 0. The molecule has 0 unspecified atom stereocenters. The molecule has 1 aliphatic heterocycles. The lowest BCUT2D eigenvalue weighted by Crippen LogP contribution is -2.40. The zero-order chi connectivity index (χ0) is 19.6. The molecule has 1 heterocycles. The molecule has 0 saturated carbocycles. The van der Waals surface area contributed by atoms with E-state index in [1.807, 2.05) is 41.3 Å². The van der Waals surface area contributed by atoms with E-state index in [4.69, 9.17) is 9.47 Å². The van der Waals surface area contributed by atoms with Gasteiger partial charge in [0.25, 0.3) is 0 Å². The van der Waals surface area contributed by atoms with Crippen molar-refractivity contribution in [3.05, 3.63) is 71.8 Å². The van der Waals surface area contributed by atoms with Crippen LogP contribution in [0.1, 0.15) is 36.3 Å². The van der Waals surface area contributed by atoms with E-state index in [1.54, 1.807) is 7.11 Å². The van der Waals surface area contributed by atoms with Gasteiger partial charge in [-0.2, -0.15) is 0 Å². The summed E-state index contributed by atoms with van der Waals surface area (Å²) in [6, 6.07) is 20.7. The van der Waals surface area contributed by atoms with Gasteiger partial charge in [-0.15, -0.1) is 0 Å². The van der Waals surface area contributed by atoms with E-state index >= 15 is 0 Å². The van der Waals surface area contributed by atoms with Crippen LogP contribution >= 0.6 is 0 Å². The molecule has 28 heavy (non-hydrogen) atoms. The molecule has 1 fully saturated rings. The maximum absolute atomic E-state index is 13.0. The van der Waals surface area contributed by atoms with Crippen molar-refractivity contribution in [3.63, 3.8) is 0 Å². The maximum atomic E-state index is 13.0.